The van der Waals surface area contributed by atoms with Crippen LogP contribution in [0.4, 0.5) is 13.2 Å². The smallest absolute Gasteiger partial charge is 0.236 e. The first-order chi connectivity index (χ1) is 12.5. The predicted octanol–water partition coefficient (Wildman–Crippen LogP) is 3.97. The summed E-state index contributed by atoms with van der Waals surface area (Å²) in [6.07, 6.45) is -2.49. The van der Waals surface area contributed by atoms with E-state index in [0.29, 0.717) is 5.56 Å². The second kappa shape index (κ2) is 6.49. The molecule has 0 aliphatic carbocycles. The van der Waals surface area contributed by atoms with Crippen molar-refractivity contribution in [1.82, 2.24) is 14.8 Å². The van der Waals surface area contributed by atoms with Crippen LogP contribution in [0.3, 0.4) is 0 Å². The molecule has 3 aromatic rings. The highest BCUT2D eigenvalue weighted by Crippen LogP contribution is 2.33. The molecule has 0 aliphatic rings. The van der Waals surface area contributed by atoms with Crippen LogP contribution in [0.15, 0.2) is 47.5 Å². The van der Waals surface area contributed by atoms with Crippen LogP contribution in [-0.4, -0.2) is 29.4 Å². The minimum Gasteiger partial charge on any atom is -0.236 e. The molecule has 0 spiro atoms. The molecule has 0 bridgehead atoms. The third-order valence-corrected chi connectivity index (χ3v) is 5.27. The highest BCUT2D eigenvalue weighted by molar-refractivity contribution is 7.90. The Morgan fingerprint density at radius 1 is 1.00 bits per heavy atom. The zero-order valence-corrected chi connectivity index (χ0v) is 15.6. The number of aryl methyl sites for hydroxylation is 2. The van der Waals surface area contributed by atoms with Crippen LogP contribution >= 0.6 is 0 Å². The van der Waals surface area contributed by atoms with E-state index < -0.39 is 21.7 Å². The van der Waals surface area contributed by atoms with Gasteiger partial charge in [-0.3, -0.25) is 0 Å². The fraction of sp³-hybridized carbons (Fsp3) is 0.222. The summed E-state index contributed by atoms with van der Waals surface area (Å²) in [5.41, 5.74) is 1.65. The maximum Gasteiger partial charge on any atom is 0.435 e. The minimum absolute atomic E-state index is 0.0258. The zero-order valence-electron chi connectivity index (χ0n) is 14.7. The quantitative estimate of drug-likeness (QED) is 0.673. The van der Waals surface area contributed by atoms with E-state index >= 15 is 0 Å². The van der Waals surface area contributed by atoms with Gasteiger partial charge in [-0.1, -0.05) is 12.1 Å². The average molecular weight is 395 g/mol. The van der Waals surface area contributed by atoms with Gasteiger partial charge in [0.25, 0.3) is 0 Å². The van der Waals surface area contributed by atoms with Gasteiger partial charge in [-0.15, -0.1) is 0 Å². The fourth-order valence-electron chi connectivity index (χ4n) is 2.52. The van der Waals surface area contributed by atoms with E-state index in [1.807, 2.05) is 19.9 Å². The van der Waals surface area contributed by atoms with Crippen LogP contribution in [-0.2, 0) is 16.0 Å². The minimum atomic E-state index is -4.62. The molecular formula is C18H16F3N3O2S. The van der Waals surface area contributed by atoms with Crippen LogP contribution in [0.5, 0.6) is 0 Å². The molecule has 0 saturated heterocycles. The molecule has 1 aromatic carbocycles. The number of hydrogen-bond acceptors (Lipinski definition) is 4. The Labute approximate surface area is 154 Å². The van der Waals surface area contributed by atoms with E-state index in [9.17, 15) is 21.6 Å². The summed E-state index contributed by atoms with van der Waals surface area (Å²) in [5, 5.41) is 3.65. The van der Waals surface area contributed by atoms with Crippen LogP contribution in [0.25, 0.3) is 17.1 Å². The lowest BCUT2D eigenvalue weighted by Gasteiger charge is -2.09. The van der Waals surface area contributed by atoms with Crippen molar-refractivity contribution in [1.29, 1.82) is 0 Å². The van der Waals surface area contributed by atoms with Gasteiger partial charge in [0.05, 0.1) is 10.6 Å². The molecule has 0 N–H and O–H groups in total. The van der Waals surface area contributed by atoms with Gasteiger partial charge in [-0.25, -0.2) is 18.1 Å². The lowest BCUT2D eigenvalue weighted by molar-refractivity contribution is -0.141. The lowest BCUT2D eigenvalue weighted by Crippen LogP contribution is -2.08. The summed E-state index contributed by atoms with van der Waals surface area (Å²) in [6.45, 7) is 3.77. The van der Waals surface area contributed by atoms with Gasteiger partial charge in [0, 0.05) is 18.0 Å². The first-order valence-electron chi connectivity index (χ1n) is 7.88. The van der Waals surface area contributed by atoms with E-state index in [4.69, 9.17) is 0 Å². The van der Waals surface area contributed by atoms with Crippen LogP contribution in [0.1, 0.15) is 16.8 Å². The highest BCUT2D eigenvalue weighted by atomic mass is 32.2. The monoisotopic (exact) mass is 395 g/mol. The topological polar surface area (TPSA) is 64.8 Å². The Morgan fingerprint density at radius 2 is 1.70 bits per heavy atom. The summed E-state index contributed by atoms with van der Waals surface area (Å²) < 4.78 is 63.8. The molecule has 3 rings (SSSR count). The van der Waals surface area contributed by atoms with Gasteiger partial charge < -0.3 is 0 Å². The predicted molar refractivity (Wildman–Crippen MR) is 94.4 cm³/mol. The molecule has 0 saturated carbocycles. The second-order valence-electron chi connectivity index (χ2n) is 6.25. The fourth-order valence-corrected chi connectivity index (χ4v) is 3.08. The van der Waals surface area contributed by atoms with Crippen LogP contribution in [0, 0.1) is 13.8 Å². The van der Waals surface area contributed by atoms with Crippen molar-refractivity contribution < 1.29 is 21.6 Å². The number of hydrogen-bond donors (Lipinski definition) is 0. The molecule has 0 aliphatic heterocycles. The maximum absolute atomic E-state index is 13.2. The van der Waals surface area contributed by atoms with Gasteiger partial charge in [0.1, 0.15) is 0 Å². The molecule has 0 unspecified atom stereocenters. The van der Waals surface area contributed by atoms with Crippen molar-refractivity contribution in [3.8, 4) is 17.1 Å². The normalized spacial score (nSPS) is 12.4. The summed E-state index contributed by atoms with van der Waals surface area (Å²) in [6, 6.07) is 8.87. The summed E-state index contributed by atoms with van der Waals surface area (Å²) in [7, 11) is -3.46. The maximum atomic E-state index is 13.2. The largest absolute Gasteiger partial charge is 0.435 e. The molecule has 2 aromatic heterocycles. The number of benzene rings is 1. The van der Waals surface area contributed by atoms with Gasteiger partial charge in [0.15, 0.2) is 21.3 Å². The third kappa shape index (κ3) is 3.87. The Hall–Kier alpha value is -2.68. The molecule has 0 radical (unpaired) electrons. The van der Waals surface area contributed by atoms with E-state index in [0.717, 1.165) is 34.3 Å². The Bertz CT molecular complexity index is 1100. The van der Waals surface area contributed by atoms with Crippen molar-refractivity contribution in [2.45, 2.75) is 24.9 Å². The average Bonchev–Trinajstić information content (AvgIpc) is 3.02. The lowest BCUT2D eigenvalue weighted by atomic mass is 10.0. The summed E-state index contributed by atoms with van der Waals surface area (Å²) >= 11 is 0. The van der Waals surface area contributed by atoms with Crippen molar-refractivity contribution in [3.63, 3.8) is 0 Å². The zero-order chi connectivity index (χ0) is 20.0. The van der Waals surface area contributed by atoms with Gasteiger partial charge in [0.2, 0.25) is 0 Å². The molecular weight excluding hydrogens is 379 g/mol. The molecule has 9 heteroatoms. The van der Waals surface area contributed by atoms with Crippen molar-refractivity contribution in [2.75, 3.05) is 6.26 Å². The number of alkyl halides is 3. The molecule has 0 atom stereocenters. The first-order valence-corrected chi connectivity index (χ1v) is 9.77. The van der Waals surface area contributed by atoms with Gasteiger partial charge in [-0.05, 0) is 49.2 Å². The molecule has 5 nitrogen and oxygen atoms in total. The molecule has 27 heavy (non-hydrogen) atoms. The van der Waals surface area contributed by atoms with E-state index in [2.05, 4.69) is 10.1 Å². The first kappa shape index (κ1) is 19.1. The third-order valence-electron chi connectivity index (χ3n) is 4.17. The molecule has 2 heterocycles. The number of sulfone groups is 1. The molecule has 0 fully saturated rings. The van der Waals surface area contributed by atoms with Crippen LogP contribution < -0.4 is 0 Å². The van der Waals surface area contributed by atoms with Crippen molar-refractivity contribution in [2.24, 2.45) is 0 Å². The van der Waals surface area contributed by atoms with Gasteiger partial charge >= 0.3 is 6.18 Å². The Kier molecular flexibility index (Phi) is 4.59. The second-order valence-corrected chi connectivity index (χ2v) is 8.26. The van der Waals surface area contributed by atoms with Crippen molar-refractivity contribution >= 4 is 9.84 Å². The SMILES string of the molecule is Cc1ccc(-c2cc(C(F)(F)F)nn2-c2ccc(S(C)(=O)=O)cn2)cc1C. The standard InChI is InChI=1S/C18H16F3N3O2S/c1-11-4-5-13(8-12(11)2)15-9-16(18(19,20)21)23-24(15)17-7-6-14(10-22-17)27(3,25)26/h4-10H,1-3H3. The van der Waals surface area contributed by atoms with E-state index in [1.165, 1.54) is 12.1 Å². The van der Waals surface area contributed by atoms with Gasteiger partial charge in [-0.2, -0.15) is 18.3 Å². The Morgan fingerprint density at radius 3 is 2.22 bits per heavy atom. The van der Waals surface area contributed by atoms with E-state index in [-0.39, 0.29) is 16.4 Å². The number of rotatable bonds is 3. The number of nitrogens with zero attached hydrogens (tertiary/aromatic N) is 3. The Balaban J connectivity index is 2.19. The molecule has 0 amide bonds. The van der Waals surface area contributed by atoms with E-state index in [1.54, 1.807) is 12.1 Å². The summed E-state index contributed by atoms with van der Waals surface area (Å²) in [5.74, 6) is 0.0890. The highest BCUT2D eigenvalue weighted by Gasteiger charge is 2.35. The number of halogens is 3. The number of pyridine rings is 1. The van der Waals surface area contributed by atoms with Crippen LogP contribution in [0.2, 0.25) is 0 Å². The van der Waals surface area contributed by atoms with Crippen molar-refractivity contribution in [3.05, 3.63) is 59.4 Å². The number of aromatic nitrogens is 3. The molecule has 142 valence electrons. The summed E-state index contributed by atoms with van der Waals surface area (Å²) in [4.78, 5) is 3.97.